The minimum atomic E-state index is -0.00442. The molecule has 6 heteroatoms. The Morgan fingerprint density at radius 3 is 2.80 bits per heavy atom. The first-order valence-corrected chi connectivity index (χ1v) is 6.92. The summed E-state index contributed by atoms with van der Waals surface area (Å²) in [6.45, 7) is 4.55. The van der Waals surface area contributed by atoms with E-state index in [0.29, 0.717) is 26.4 Å². The second-order valence-corrected chi connectivity index (χ2v) is 4.42. The average Bonchev–Trinajstić information content (AvgIpc) is 2.49. The Morgan fingerprint density at radius 1 is 1.25 bits per heavy atom. The fraction of sp³-hybridized carbons (Fsp3) is 0.643. The summed E-state index contributed by atoms with van der Waals surface area (Å²) in [6.07, 6.45) is 5.23. The van der Waals surface area contributed by atoms with Crippen molar-refractivity contribution in [2.45, 2.75) is 25.8 Å². The molecule has 0 aliphatic heterocycles. The number of hydrogen-bond acceptors (Lipinski definition) is 6. The number of hydrogen-bond donors (Lipinski definition) is 2. The Morgan fingerprint density at radius 2 is 2.10 bits per heavy atom. The smallest absolute Gasteiger partial charge is 0.137 e. The third-order valence-corrected chi connectivity index (χ3v) is 2.79. The number of ether oxygens (including phenoxy) is 3. The number of pyridine rings is 1. The van der Waals surface area contributed by atoms with E-state index >= 15 is 0 Å². The van der Waals surface area contributed by atoms with Gasteiger partial charge in [0.2, 0.25) is 0 Å². The number of methoxy groups -OCH3 is 1. The van der Waals surface area contributed by atoms with E-state index in [4.69, 9.17) is 20.1 Å². The molecule has 114 valence electrons. The summed E-state index contributed by atoms with van der Waals surface area (Å²) in [7, 11) is 1.65. The number of nitrogens with zero attached hydrogens (tertiary/aromatic N) is 1. The molecule has 0 saturated heterocycles. The van der Waals surface area contributed by atoms with E-state index in [-0.39, 0.29) is 6.04 Å². The number of hydrazine groups is 1. The molecular weight excluding hydrogens is 258 g/mol. The van der Waals surface area contributed by atoms with Crippen LogP contribution in [0, 0.1) is 0 Å². The third kappa shape index (κ3) is 6.29. The van der Waals surface area contributed by atoms with Crippen molar-refractivity contribution in [1.29, 1.82) is 0 Å². The summed E-state index contributed by atoms with van der Waals surface area (Å²) in [6, 6.07) is 1.96. The summed E-state index contributed by atoms with van der Waals surface area (Å²) in [5.41, 5.74) is 3.78. The maximum atomic E-state index is 5.60. The standard InChI is InChI=1S/C14H25N3O3/c1-3-5-20-13-9-12(10-16-11-13)14(17-15)4-6-19-8-7-18-2/h9-11,14,17H,3-8,15H2,1-2H3. The minimum absolute atomic E-state index is 0.00442. The molecule has 0 amide bonds. The Hall–Kier alpha value is -1.21. The van der Waals surface area contributed by atoms with Gasteiger partial charge in [-0.15, -0.1) is 0 Å². The molecule has 0 fully saturated rings. The largest absolute Gasteiger partial charge is 0.492 e. The van der Waals surface area contributed by atoms with Gasteiger partial charge in [-0.3, -0.25) is 16.3 Å². The Bertz CT molecular complexity index is 363. The quantitative estimate of drug-likeness (QED) is 0.363. The highest BCUT2D eigenvalue weighted by Gasteiger charge is 2.11. The molecular formula is C14H25N3O3. The first kappa shape index (κ1) is 16.8. The zero-order chi connectivity index (χ0) is 14.6. The summed E-state index contributed by atoms with van der Waals surface area (Å²) in [5, 5.41) is 0. The first-order valence-electron chi connectivity index (χ1n) is 6.92. The monoisotopic (exact) mass is 283 g/mol. The highest BCUT2D eigenvalue weighted by atomic mass is 16.5. The first-order chi connectivity index (χ1) is 9.81. The molecule has 1 heterocycles. The summed E-state index contributed by atoms with van der Waals surface area (Å²) < 4.78 is 15.9. The van der Waals surface area contributed by atoms with Crippen LogP contribution < -0.4 is 16.0 Å². The van der Waals surface area contributed by atoms with Crippen LogP contribution in [0.15, 0.2) is 18.5 Å². The Balaban J connectivity index is 2.47. The molecule has 0 aromatic carbocycles. The molecule has 1 atom stereocenters. The van der Waals surface area contributed by atoms with Crippen LogP contribution in [0.4, 0.5) is 0 Å². The van der Waals surface area contributed by atoms with Crippen molar-refractivity contribution in [3.05, 3.63) is 24.0 Å². The normalized spacial score (nSPS) is 12.3. The van der Waals surface area contributed by atoms with Crippen LogP contribution in [0.1, 0.15) is 31.4 Å². The molecule has 1 aromatic heterocycles. The molecule has 0 saturated carbocycles. The van der Waals surface area contributed by atoms with E-state index in [1.54, 1.807) is 19.5 Å². The molecule has 0 aliphatic carbocycles. The van der Waals surface area contributed by atoms with Crippen molar-refractivity contribution in [3.8, 4) is 5.75 Å². The Labute approximate surface area is 120 Å². The third-order valence-electron chi connectivity index (χ3n) is 2.79. The van der Waals surface area contributed by atoms with E-state index in [2.05, 4.69) is 17.3 Å². The zero-order valence-electron chi connectivity index (χ0n) is 12.3. The van der Waals surface area contributed by atoms with Gasteiger partial charge in [-0.25, -0.2) is 0 Å². The van der Waals surface area contributed by atoms with Gasteiger partial charge in [0.15, 0.2) is 0 Å². The maximum Gasteiger partial charge on any atom is 0.137 e. The molecule has 20 heavy (non-hydrogen) atoms. The number of nitrogens with one attached hydrogen (secondary N) is 1. The molecule has 0 aliphatic rings. The second kappa shape index (κ2) is 10.6. The van der Waals surface area contributed by atoms with Crippen molar-refractivity contribution in [2.75, 3.05) is 33.5 Å². The van der Waals surface area contributed by atoms with Gasteiger partial charge in [-0.05, 0) is 24.5 Å². The number of nitrogens with two attached hydrogens (primary N) is 1. The summed E-state index contributed by atoms with van der Waals surface area (Å²) >= 11 is 0. The lowest BCUT2D eigenvalue weighted by molar-refractivity contribution is 0.0657. The van der Waals surface area contributed by atoms with Gasteiger partial charge in [0.1, 0.15) is 5.75 Å². The zero-order valence-corrected chi connectivity index (χ0v) is 12.3. The van der Waals surface area contributed by atoms with Crippen molar-refractivity contribution < 1.29 is 14.2 Å². The van der Waals surface area contributed by atoms with Crippen LogP contribution in [0.25, 0.3) is 0 Å². The van der Waals surface area contributed by atoms with Crippen LogP contribution in [0.2, 0.25) is 0 Å². The van der Waals surface area contributed by atoms with Gasteiger partial charge in [0, 0.05) is 26.0 Å². The van der Waals surface area contributed by atoms with Crippen molar-refractivity contribution in [2.24, 2.45) is 5.84 Å². The van der Waals surface area contributed by atoms with Crippen LogP contribution in [0.3, 0.4) is 0 Å². The van der Waals surface area contributed by atoms with Crippen molar-refractivity contribution >= 4 is 0 Å². The lowest BCUT2D eigenvalue weighted by Crippen LogP contribution is -2.29. The maximum absolute atomic E-state index is 5.60. The topological polar surface area (TPSA) is 78.6 Å². The van der Waals surface area contributed by atoms with E-state index < -0.39 is 0 Å². The van der Waals surface area contributed by atoms with Crippen LogP contribution in [-0.4, -0.2) is 38.5 Å². The summed E-state index contributed by atoms with van der Waals surface area (Å²) in [5.74, 6) is 6.37. The van der Waals surface area contributed by atoms with Crippen LogP contribution in [0.5, 0.6) is 5.75 Å². The van der Waals surface area contributed by atoms with Gasteiger partial charge in [0.25, 0.3) is 0 Å². The van der Waals surface area contributed by atoms with E-state index in [1.165, 1.54) is 0 Å². The molecule has 6 nitrogen and oxygen atoms in total. The van der Waals surface area contributed by atoms with E-state index in [1.807, 2.05) is 6.07 Å². The minimum Gasteiger partial charge on any atom is -0.492 e. The molecule has 1 aromatic rings. The van der Waals surface area contributed by atoms with Gasteiger partial charge in [0.05, 0.1) is 26.0 Å². The average molecular weight is 283 g/mol. The molecule has 3 N–H and O–H groups in total. The van der Waals surface area contributed by atoms with Crippen molar-refractivity contribution in [1.82, 2.24) is 10.4 Å². The molecule has 0 spiro atoms. The lowest BCUT2D eigenvalue weighted by atomic mass is 10.1. The van der Waals surface area contributed by atoms with Gasteiger partial charge >= 0.3 is 0 Å². The van der Waals surface area contributed by atoms with Crippen LogP contribution >= 0.6 is 0 Å². The number of rotatable bonds is 11. The van der Waals surface area contributed by atoms with E-state index in [9.17, 15) is 0 Å². The lowest BCUT2D eigenvalue weighted by Gasteiger charge is -2.17. The predicted octanol–water partition coefficient (Wildman–Crippen LogP) is 1.43. The SMILES string of the molecule is CCCOc1cncc(C(CCOCCOC)NN)c1. The molecule has 0 bridgehead atoms. The molecule has 1 unspecified atom stereocenters. The Kier molecular flexibility index (Phi) is 8.90. The fourth-order valence-corrected chi connectivity index (χ4v) is 1.72. The van der Waals surface area contributed by atoms with Gasteiger partial charge < -0.3 is 14.2 Å². The predicted molar refractivity (Wildman–Crippen MR) is 77.4 cm³/mol. The molecule has 1 rings (SSSR count). The highest BCUT2D eigenvalue weighted by molar-refractivity contribution is 5.25. The highest BCUT2D eigenvalue weighted by Crippen LogP contribution is 2.20. The van der Waals surface area contributed by atoms with Gasteiger partial charge in [-0.2, -0.15) is 0 Å². The van der Waals surface area contributed by atoms with Gasteiger partial charge in [-0.1, -0.05) is 6.92 Å². The van der Waals surface area contributed by atoms with Crippen LogP contribution in [-0.2, 0) is 9.47 Å². The molecule has 0 radical (unpaired) electrons. The second-order valence-electron chi connectivity index (χ2n) is 4.42. The van der Waals surface area contributed by atoms with E-state index in [0.717, 1.165) is 24.2 Å². The van der Waals surface area contributed by atoms with Crippen molar-refractivity contribution in [3.63, 3.8) is 0 Å². The summed E-state index contributed by atoms with van der Waals surface area (Å²) in [4.78, 5) is 4.18. The number of aromatic nitrogens is 1. The fourth-order valence-electron chi connectivity index (χ4n) is 1.72.